The number of halogens is 1. The van der Waals surface area contributed by atoms with Gasteiger partial charge in [-0.25, -0.2) is 4.98 Å². The van der Waals surface area contributed by atoms with Gasteiger partial charge in [-0.3, -0.25) is 9.67 Å². The van der Waals surface area contributed by atoms with E-state index in [4.69, 9.17) is 0 Å². The highest BCUT2D eigenvalue weighted by Crippen LogP contribution is 2.12. The van der Waals surface area contributed by atoms with Crippen LogP contribution in [-0.2, 0) is 19.5 Å². The van der Waals surface area contributed by atoms with Crippen LogP contribution in [0.25, 0.3) is 0 Å². The summed E-state index contributed by atoms with van der Waals surface area (Å²) in [6.45, 7) is 6.47. The first-order chi connectivity index (χ1) is 10.2. The average molecular weight is 434 g/mol. The van der Waals surface area contributed by atoms with Crippen molar-refractivity contribution < 1.29 is 0 Å². The number of hydrogen-bond donors (Lipinski definition) is 2. The van der Waals surface area contributed by atoms with Gasteiger partial charge in [0.25, 0.3) is 0 Å². The molecule has 0 aliphatic rings. The number of nitrogens with one attached hydrogen (secondary N) is 2. The molecule has 122 valence electrons. The van der Waals surface area contributed by atoms with Gasteiger partial charge in [0.2, 0.25) is 0 Å². The Morgan fingerprint density at radius 2 is 2.18 bits per heavy atom. The van der Waals surface area contributed by atoms with E-state index in [1.165, 1.54) is 10.4 Å². The Morgan fingerprint density at radius 1 is 1.36 bits per heavy atom. The van der Waals surface area contributed by atoms with Crippen molar-refractivity contribution >= 4 is 41.3 Å². The standard InChI is InChI=1S/C14H22N6S.HI/c1-4-12-8-17-13(21-12)9-18-14(15-3)16-5-6-20-10-11(2)7-19-20;/h7-8,10H,4-6,9H2,1-3H3,(H2,15,16,18);1H. The Kier molecular flexibility index (Phi) is 8.39. The molecule has 2 aromatic heterocycles. The van der Waals surface area contributed by atoms with Crippen LogP contribution < -0.4 is 10.6 Å². The quantitative estimate of drug-likeness (QED) is 0.416. The zero-order valence-electron chi connectivity index (χ0n) is 13.2. The molecule has 6 nitrogen and oxygen atoms in total. The smallest absolute Gasteiger partial charge is 0.191 e. The summed E-state index contributed by atoms with van der Waals surface area (Å²) >= 11 is 1.74. The first-order valence-corrected chi connectivity index (χ1v) is 7.90. The maximum atomic E-state index is 4.38. The van der Waals surface area contributed by atoms with Crippen LogP contribution in [0.15, 0.2) is 23.6 Å². The second-order valence-corrected chi connectivity index (χ2v) is 5.91. The van der Waals surface area contributed by atoms with Gasteiger partial charge in [0.05, 0.1) is 19.3 Å². The molecule has 0 aliphatic heterocycles. The lowest BCUT2D eigenvalue weighted by Gasteiger charge is -2.10. The molecule has 2 N–H and O–H groups in total. The lowest BCUT2D eigenvalue weighted by atomic mass is 10.4. The van der Waals surface area contributed by atoms with E-state index in [2.05, 4.69) is 32.6 Å². The van der Waals surface area contributed by atoms with Crippen LogP contribution in [0.3, 0.4) is 0 Å². The maximum Gasteiger partial charge on any atom is 0.191 e. The SMILES string of the molecule is CCc1cnc(CNC(=NC)NCCn2cc(C)cn2)s1.I. The Bertz CT molecular complexity index is 592. The highest BCUT2D eigenvalue weighted by atomic mass is 127. The van der Waals surface area contributed by atoms with Gasteiger partial charge in [0.1, 0.15) is 5.01 Å². The van der Waals surface area contributed by atoms with E-state index in [9.17, 15) is 0 Å². The molecule has 0 aromatic carbocycles. The number of hydrogen-bond acceptors (Lipinski definition) is 4. The molecule has 0 atom stereocenters. The molecular formula is C14H23IN6S. The molecule has 2 heterocycles. The Labute approximate surface area is 152 Å². The minimum atomic E-state index is 0. The summed E-state index contributed by atoms with van der Waals surface area (Å²) in [7, 11) is 1.77. The minimum Gasteiger partial charge on any atom is -0.355 e. The third kappa shape index (κ3) is 5.91. The van der Waals surface area contributed by atoms with Gasteiger partial charge in [-0.2, -0.15) is 5.10 Å². The molecule has 0 saturated carbocycles. The third-order valence-electron chi connectivity index (χ3n) is 2.98. The lowest BCUT2D eigenvalue weighted by Crippen LogP contribution is -2.38. The van der Waals surface area contributed by atoms with Crippen molar-refractivity contribution in [3.63, 3.8) is 0 Å². The van der Waals surface area contributed by atoms with Crippen molar-refractivity contribution in [3.05, 3.63) is 34.0 Å². The fourth-order valence-electron chi connectivity index (χ4n) is 1.85. The summed E-state index contributed by atoms with van der Waals surface area (Å²) < 4.78 is 1.92. The summed E-state index contributed by atoms with van der Waals surface area (Å²) in [5.41, 5.74) is 1.17. The molecule has 8 heteroatoms. The first-order valence-electron chi connectivity index (χ1n) is 7.08. The molecule has 2 rings (SSSR count). The normalized spacial score (nSPS) is 11.1. The average Bonchev–Trinajstić information content (AvgIpc) is 3.11. The zero-order valence-corrected chi connectivity index (χ0v) is 16.3. The highest BCUT2D eigenvalue weighted by Gasteiger charge is 2.02. The molecule has 2 aromatic rings. The highest BCUT2D eigenvalue weighted by molar-refractivity contribution is 14.0. The molecule has 0 spiro atoms. The van der Waals surface area contributed by atoms with Gasteiger partial charge in [-0.1, -0.05) is 6.92 Å². The molecule has 0 amide bonds. The number of thiazole rings is 1. The number of rotatable bonds is 6. The summed E-state index contributed by atoms with van der Waals surface area (Å²) in [5, 5.41) is 11.9. The second-order valence-electron chi connectivity index (χ2n) is 4.71. The molecule has 0 radical (unpaired) electrons. The van der Waals surface area contributed by atoms with E-state index in [-0.39, 0.29) is 24.0 Å². The van der Waals surface area contributed by atoms with Crippen molar-refractivity contribution in [2.24, 2.45) is 4.99 Å². The minimum absolute atomic E-state index is 0. The predicted octanol–water partition coefficient (Wildman–Crippen LogP) is 2.19. The third-order valence-corrected chi connectivity index (χ3v) is 4.12. The molecule has 0 saturated heterocycles. The number of aromatic nitrogens is 3. The topological polar surface area (TPSA) is 67.1 Å². The van der Waals surface area contributed by atoms with Crippen LogP contribution in [0.1, 0.15) is 22.4 Å². The van der Waals surface area contributed by atoms with E-state index in [1.54, 1.807) is 18.4 Å². The van der Waals surface area contributed by atoms with E-state index in [0.29, 0.717) is 6.54 Å². The number of aryl methyl sites for hydroxylation is 2. The fraction of sp³-hybridized carbons (Fsp3) is 0.500. The molecule has 0 bridgehead atoms. The van der Waals surface area contributed by atoms with Crippen LogP contribution in [0.2, 0.25) is 0 Å². The van der Waals surface area contributed by atoms with E-state index < -0.39 is 0 Å². The van der Waals surface area contributed by atoms with Gasteiger partial charge in [-0.05, 0) is 18.9 Å². The van der Waals surface area contributed by atoms with Crippen LogP contribution in [0, 0.1) is 6.92 Å². The van der Waals surface area contributed by atoms with Crippen molar-refractivity contribution in [1.29, 1.82) is 0 Å². The zero-order chi connectivity index (χ0) is 15.1. The van der Waals surface area contributed by atoms with Crippen LogP contribution in [0.4, 0.5) is 0 Å². The molecular weight excluding hydrogens is 411 g/mol. The number of guanidine groups is 1. The summed E-state index contributed by atoms with van der Waals surface area (Å²) in [6, 6.07) is 0. The predicted molar refractivity (Wildman–Crippen MR) is 102 cm³/mol. The van der Waals surface area contributed by atoms with E-state index in [0.717, 1.165) is 30.5 Å². The Morgan fingerprint density at radius 3 is 2.77 bits per heavy atom. The largest absolute Gasteiger partial charge is 0.355 e. The summed E-state index contributed by atoms with van der Waals surface area (Å²) in [5.74, 6) is 0.784. The van der Waals surface area contributed by atoms with Gasteiger partial charge in [-0.15, -0.1) is 35.3 Å². The number of nitrogens with zero attached hydrogens (tertiary/aromatic N) is 4. The molecule has 0 unspecified atom stereocenters. The Balaban J connectivity index is 0.00000242. The lowest BCUT2D eigenvalue weighted by molar-refractivity contribution is 0.597. The van der Waals surface area contributed by atoms with Gasteiger partial charge in [0, 0.05) is 30.9 Å². The van der Waals surface area contributed by atoms with Gasteiger partial charge >= 0.3 is 0 Å². The fourth-order valence-corrected chi connectivity index (χ4v) is 2.65. The monoisotopic (exact) mass is 434 g/mol. The molecule has 0 aliphatic carbocycles. The van der Waals surface area contributed by atoms with E-state index in [1.807, 2.05) is 30.2 Å². The van der Waals surface area contributed by atoms with Crippen LogP contribution in [0.5, 0.6) is 0 Å². The first kappa shape index (κ1) is 18.9. The van der Waals surface area contributed by atoms with Crippen LogP contribution >= 0.6 is 35.3 Å². The van der Waals surface area contributed by atoms with Crippen LogP contribution in [-0.4, -0.2) is 34.3 Å². The summed E-state index contributed by atoms with van der Waals surface area (Å²) in [4.78, 5) is 9.90. The molecule has 22 heavy (non-hydrogen) atoms. The number of aliphatic imine (C=N–C) groups is 1. The van der Waals surface area contributed by atoms with E-state index >= 15 is 0 Å². The van der Waals surface area contributed by atoms with Crippen molar-refractivity contribution in [1.82, 2.24) is 25.4 Å². The van der Waals surface area contributed by atoms with Gasteiger partial charge in [0.15, 0.2) is 5.96 Å². The van der Waals surface area contributed by atoms with Crippen molar-refractivity contribution in [3.8, 4) is 0 Å². The van der Waals surface area contributed by atoms with Crippen molar-refractivity contribution in [2.75, 3.05) is 13.6 Å². The maximum absolute atomic E-state index is 4.38. The second kappa shape index (κ2) is 9.78. The molecule has 0 fully saturated rings. The van der Waals surface area contributed by atoms with Crippen molar-refractivity contribution in [2.45, 2.75) is 33.4 Å². The van der Waals surface area contributed by atoms with Gasteiger partial charge < -0.3 is 10.6 Å². The Hall–Kier alpha value is -1.16. The summed E-state index contributed by atoms with van der Waals surface area (Å²) in [6.07, 6.45) is 6.87.